The molecule has 1 aliphatic rings. The van der Waals surface area contributed by atoms with E-state index in [2.05, 4.69) is 5.32 Å². The highest BCUT2D eigenvalue weighted by Gasteiger charge is 2.39. The Balaban J connectivity index is 2.76. The van der Waals surface area contributed by atoms with Crippen LogP contribution in [0.3, 0.4) is 0 Å². The van der Waals surface area contributed by atoms with Crippen molar-refractivity contribution in [3.05, 3.63) is 0 Å². The summed E-state index contributed by atoms with van der Waals surface area (Å²) in [6.07, 6.45) is 0.594. The van der Waals surface area contributed by atoms with Crippen LogP contribution in [0, 0.1) is 0 Å². The van der Waals surface area contributed by atoms with Crippen molar-refractivity contribution in [2.24, 2.45) is 0 Å². The Morgan fingerprint density at radius 2 is 2.00 bits per heavy atom. The fourth-order valence-corrected chi connectivity index (χ4v) is 3.18. The van der Waals surface area contributed by atoms with E-state index in [1.54, 1.807) is 20.8 Å². The van der Waals surface area contributed by atoms with Crippen LogP contribution in [0.15, 0.2) is 0 Å². The first kappa shape index (κ1) is 13.9. The van der Waals surface area contributed by atoms with Crippen molar-refractivity contribution in [2.75, 3.05) is 26.7 Å². The van der Waals surface area contributed by atoms with Gasteiger partial charge in [-0.05, 0) is 33.7 Å². The number of hydrogen-bond donors (Lipinski definition) is 2. The number of aliphatic hydroxyl groups is 1. The van der Waals surface area contributed by atoms with Gasteiger partial charge in [0.25, 0.3) is 0 Å². The lowest BCUT2D eigenvalue weighted by Crippen LogP contribution is -2.49. The van der Waals surface area contributed by atoms with E-state index in [4.69, 9.17) is 0 Å². The number of rotatable bonds is 3. The first-order valence-electron chi connectivity index (χ1n) is 5.47. The van der Waals surface area contributed by atoms with E-state index in [1.165, 1.54) is 11.4 Å². The zero-order valence-electron chi connectivity index (χ0n) is 10.4. The minimum absolute atomic E-state index is 0.152. The van der Waals surface area contributed by atoms with Gasteiger partial charge in [-0.15, -0.1) is 0 Å². The Morgan fingerprint density at radius 1 is 1.44 bits per heavy atom. The quantitative estimate of drug-likeness (QED) is 0.726. The lowest BCUT2D eigenvalue weighted by Gasteiger charge is -2.32. The number of β-amino-alcohol motifs (C(OH)–C–C–N with tert-alkyl or cyclic N) is 1. The van der Waals surface area contributed by atoms with Crippen molar-refractivity contribution in [1.29, 1.82) is 0 Å². The minimum atomic E-state index is -3.36. The molecular weight excluding hydrogens is 228 g/mol. The summed E-state index contributed by atoms with van der Waals surface area (Å²) in [4.78, 5) is 0. The Morgan fingerprint density at radius 3 is 2.38 bits per heavy atom. The molecule has 0 aromatic carbocycles. The third-order valence-corrected chi connectivity index (χ3v) is 5.42. The van der Waals surface area contributed by atoms with Gasteiger partial charge in [0, 0.05) is 20.1 Å². The molecule has 16 heavy (non-hydrogen) atoms. The van der Waals surface area contributed by atoms with Crippen molar-refractivity contribution in [2.45, 2.75) is 37.5 Å². The molecule has 6 heteroatoms. The molecule has 1 saturated heterocycles. The van der Waals surface area contributed by atoms with Crippen LogP contribution < -0.4 is 5.32 Å². The molecule has 1 atom stereocenters. The third-order valence-electron chi connectivity index (χ3n) is 2.92. The van der Waals surface area contributed by atoms with Gasteiger partial charge in [0.2, 0.25) is 10.0 Å². The van der Waals surface area contributed by atoms with E-state index >= 15 is 0 Å². The predicted molar refractivity (Wildman–Crippen MR) is 63.7 cm³/mol. The average Bonchev–Trinajstić information content (AvgIpc) is 2.49. The number of likely N-dealkylation sites (N-methyl/N-ethyl adjacent to an activating group) is 1. The van der Waals surface area contributed by atoms with Crippen LogP contribution in [0.25, 0.3) is 0 Å². The maximum absolute atomic E-state index is 12.1. The van der Waals surface area contributed by atoms with E-state index in [1.807, 2.05) is 0 Å². The van der Waals surface area contributed by atoms with Crippen molar-refractivity contribution in [3.8, 4) is 0 Å². The number of hydrogen-bond acceptors (Lipinski definition) is 4. The summed E-state index contributed by atoms with van der Waals surface area (Å²) in [7, 11) is -1.83. The summed E-state index contributed by atoms with van der Waals surface area (Å²) in [5.74, 6) is 0. The van der Waals surface area contributed by atoms with Crippen molar-refractivity contribution < 1.29 is 13.5 Å². The summed E-state index contributed by atoms with van der Waals surface area (Å²) >= 11 is 0. The summed E-state index contributed by atoms with van der Waals surface area (Å²) in [5, 5.41) is 13.2. The van der Waals surface area contributed by atoms with Crippen LogP contribution in [0.1, 0.15) is 27.2 Å². The molecule has 0 amide bonds. The predicted octanol–water partition coefficient (Wildman–Crippen LogP) is -0.229. The van der Waals surface area contributed by atoms with Crippen LogP contribution >= 0.6 is 0 Å². The monoisotopic (exact) mass is 250 g/mol. The average molecular weight is 250 g/mol. The van der Waals surface area contributed by atoms with Crippen molar-refractivity contribution >= 4 is 10.0 Å². The zero-order valence-corrected chi connectivity index (χ0v) is 11.3. The SMILES string of the molecule is CN(CC1(O)CCNC1)S(=O)(=O)C(C)(C)C. The Bertz CT molecular complexity index is 340. The first-order chi connectivity index (χ1) is 7.08. The smallest absolute Gasteiger partial charge is 0.218 e. The van der Waals surface area contributed by atoms with E-state index in [9.17, 15) is 13.5 Å². The Kier molecular flexibility index (Phi) is 3.69. The van der Waals surface area contributed by atoms with E-state index in [-0.39, 0.29) is 6.54 Å². The van der Waals surface area contributed by atoms with Gasteiger partial charge in [-0.2, -0.15) is 0 Å². The second-order valence-corrected chi connectivity index (χ2v) is 8.32. The second-order valence-electron chi connectivity index (χ2n) is 5.52. The second kappa shape index (κ2) is 4.25. The molecule has 96 valence electrons. The van der Waals surface area contributed by atoms with Crippen molar-refractivity contribution in [1.82, 2.24) is 9.62 Å². The molecule has 1 heterocycles. The van der Waals surface area contributed by atoms with E-state index in [0.717, 1.165) is 6.54 Å². The van der Waals surface area contributed by atoms with Crippen LogP contribution in [-0.2, 0) is 10.0 Å². The number of nitrogens with one attached hydrogen (secondary N) is 1. The first-order valence-corrected chi connectivity index (χ1v) is 6.91. The molecule has 1 rings (SSSR count). The molecule has 1 aliphatic heterocycles. The maximum atomic E-state index is 12.1. The molecule has 0 aliphatic carbocycles. The largest absolute Gasteiger partial charge is 0.387 e. The highest BCUT2D eigenvalue weighted by Crippen LogP contribution is 2.23. The van der Waals surface area contributed by atoms with E-state index < -0.39 is 20.4 Å². The van der Waals surface area contributed by atoms with Gasteiger partial charge in [-0.1, -0.05) is 0 Å². The molecule has 0 radical (unpaired) electrons. The molecule has 0 aromatic rings. The molecule has 0 bridgehead atoms. The highest BCUT2D eigenvalue weighted by molar-refractivity contribution is 7.90. The van der Waals surface area contributed by atoms with Gasteiger partial charge < -0.3 is 10.4 Å². The van der Waals surface area contributed by atoms with Crippen LogP contribution in [-0.4, -0.2) is 54.9 Å². The third kappa shape index (κ3) is 2.74. The molecule has 0 aromatic heterocycles. The summed E-state index contributed by atoms with van der Waals surface area (Å²) in [5.41, 5.74) is -0.924. The molecule has 5 nitrogen and oxygen atoms in total. The molecule has 1 unspecified atom stereocenters. The number of sulfonamides is 1. The maximum Gasteiger partial charge on any atom is 0.218 e. The zero-order chi connectivity index (χ0) is 12.6. The molecular formula is C10H22N2O3S. The van der Waals surface area contributed by atoms with Gasteiger partial charge in [0.1, 0.15) is 0 Å². The highest BCUT2D eigenvalue weighted by atomic mass is 32.2. The fourth-order valence-electron chi connectivity index (χ4n) is 1.83. The van der Waals surface area contributed by atoms with Gasteiger partial charge >= 0.3 is 0 Å². The normalized spacial score (nSPS) is 27.6. The van der Waals surface area contributed by atoms with Gasteiger partial charge in [0.05, 0.1) is 10.3 Å². The minimum Gasteiger partial charge on any atom is -0.387 e. The molecule has 0 saturated carbocycles. The van der Waals surface area contributed by atoms with Crippen LogP contribution in [0.2, 0.25) is 0 Å². The van der Waals surface area contributed by atoms with Crippen LogP contribution in [0.5, 0.6) is 0 Å². The lowest BCUT2D eigenvalue weighted by molar-refractivity contribution is 0.0459. The summed E-state index contributed by atoms with van der Waals surface area (Å²) in [6.45, 7) is 6.33. The topological polar surface area (TPSA) is 69.6 Å². The Labute approximate surface area is 97.9 Å². The Hall–Kier alpha value is -0.170. The van der Waals surface area contributed by atoms with E-state index in [0.29, 0.717) is 13.0 Å². The van der Waals surface area contributed by atoms with Gasteiger partial charge in [0.15, 0.2) is 0 Å². The van der Waals surface area contributed by atoms with Crippen molar-refractivity contribution in [3.63, 3.8) is 0 Å². The molecule has 2 N–H and O–H groups in total. The standard InChI is InChI=1S/C10H22N2O3S/c1-9(2,3)16(14,15)12(4)8-10(13)5-6-11-7-10/h11,13H,5-8H2,1-4H3. The van der Waals surface area contributed by atoms with Gasteiger partial charge in [-0.3, -0.25) is 0 Å². The summed E-state index contributed by atoms with van der Waals surface area (Å²) in [6, 6.07) is 0. The number of nitrogens with zero attached hydrogens (tertiary/aromatic N) is 1. The lowest BCUT2D eigenvalue weighted by atomic mass is 10.0. The molecule has 1 fully saturated rings. The molecule has 0 spiro atoms. The van der Waals surface area contributed by atoms with Crippen LogP contribution in [0.4, 0.5) is 0 Å². The summed E-state index contributed by atoms with van der Waals surface area (Å²) < 4.78 is 24.6. The fraction of sp³-hybridized carbons (Fsp3) is 1.00. The van der Waals surface area contributed by atoms with Gasteiger partial charge in [-0.25, -0.2) is 12.7 Å².